The minimum absolute atomic E-state index is 0.637. The minimum atomic E-state index is -4.32. The van der Waals surface area contributed by atoms with E-state index in [4.69, 9.17) is 9.79 Å². The Kier molecular flexibility index (Phi) is 3.71. The predicted molar refractivity (Wildman–Crippen MR) is 42.1 cm³/mol. The first-order valence-electron chi connectivity index (χ1n) is 3.53. The molecule has 0 aliphatic carbocycles. The quantitative estimate of drug-likeness (QED) is 0.649. The predicted octanol–water partition coefficient (Wildman–Crippen LogP) is 1.67. The van der Waals surface area contributed by atoms with Crippen LogP contribution in [0.3, 0.4) is 0 Å². The number of hydrogen-bond donors (Lipinski definition) is 2. The first kappa shape index (κ1) is 11.1. The van der Waals surface area contributed by atoms with Gasteiger partial charge in [-0.3, -0.25) is 4.52 Å². The van der Waals surface area contributed by atoms with E-state index in [1.165, 1.54) is 0 Å². The number of hydrogen-bond acceptors (Lipinski definition) is 2. The van der Waals surface area contributed by atoms with E-state index in [1.54, 1.807) is 13.8 Å². The van der Waals surface area contributed by atoms with Crippen molar-refractivity contribution in [2.24, 2.45) is 0 Å². The second kappa shape index (κ2) is 3.68. The Hall–Kier alpha value is 0.110. The largest absolute Gasteiger partial charge is 0.470 e. The average molecular weight is 182 g/mol. The third-order valence-electron chi connectivity index (χ3n) is 1.22. The van der Waals surface area contributed by atoms with Crippen molar-refractivity contribution in [2.75, 3.05) is 0 Å². The summed E-state index contributed by atoms with van der Waals surface area (Å²) < 4.78 is 14.9. The summed E-state index contributed by atoms with van der Waals surface area (Å²) in [6.07, 6.45) is 1.48. The molecule has 0 rings (SSSR count). The number of phosphoric ester groups is 1. The zero-order chi connectivity index (χ0) is 9.12. The van der Waals surface area contributed by atoms with Gasteiger partial charge in [-0.1, -0.05) is 13.3 Å². The van der Waals surface area contributed by atoms with Crippen LogP contribution in [0, 0.1) is 0 Å². The van der Waals surface area contributed by atoms with Crippen molar-refractivity contribution in [3.05, 3.63) is 0 Å². The lowest BCUT2D eigenvalue weighted by molar-refractivity contribution is 0.0574. The lowest BCUT2D eigenvalue weighted by atomic mass is 10.0. The molecule has 0 saturated heterocycles. The van der Waals surface area contributed by atoms with Crippen LogP contribution in [-0.4, -0.2) is 15.4 Å². The van der Waals surface area contributed by atoms with Gasteiger partial charge in [-0.15, -0.1) is 0 Å². The van der Waals surface area contributed by atoms with E-state index in [9.17, 15) is 4.57 Å². The third-order valence-corrected chi connectivity index (χ3v) is 1.95. The lowest BCUT2D eigenvalue weighted by Crippen LogP contribution is -2.22. The summed E-state index contributed by atoms with van der Waals surface area (Å²) in [6.45, 7) is 5.26. The number of rotatable bonds is 4. The van der Waals surface area contributed by atoms with E-state index in [1.807, 2.05) is 6.92 Å². The fourth-order valence-electron chi connectivity index (χ4n) is 0.970. The van der Waals surface area contributed by atoms with Crippen molar-refractivity contribution >= 4 is 7.82 Å². The van der Waals surface area contributed by atoms with Gasteiger partial charge < -0.3 is 9.79 Å². The molecule has 0 aromatic carbocycles. The molecule has 0 radical (unpaired) electrons. The van der Waals surface area contributed by atoms with E-state index >= 15 is 0 Å². The summed E-state index contributed by atoms with van der Waals surface area (Å²) in [5.41, 5.74) is -0.728. The second-order valence-corrected chi connectivity index (χ2v) is 4.26. The lowest BCUT2D eigenvalue weighted by Gasteiger charge is -2.24. The molecular formula is C6H15O4P. The molecule has 68 valence electrons. The Labute approximate surface area is 66.8 Å². The van der Waals surface area contributed by atoms with Crippen LogP contribution >= 0.6 is 7.82 Å². The van der Waals surface area contributed by atoms with Gasteiger partial charge in [0.05, 0.1) is 5.60 Å². The Balaban J connectivity index is 4.02. The summed E-state index contributed by atoms with van der Waals surface area (Å²) in [5.74, 6) is 0. The molecule has 2 N–H and O–H groups in total. The van der Waals surface area contributed by atoms with Crippen LogP contribution in [0.4, 0.5) is 0 Å². The highest BCUT2D eigenvalue weighted by molar-refractivity contribution is 7.46. The van der Waals surface area contributed by atoms with Crippen LogP contribution in [0.15, 0.2) is 0 Å². The second-order valence-electron chi connectivity index (χ2n) is 3.09. The van der Waals surface area contributed by atoms with Crippen LogP contribution in [0.5, 0.6) is 0 Å². The maximum atomic E-state index is 10.4. The molecule has 0 heterocycles. The van der Waals surface area contributed by atoms with Gasteiger partial charge in [0.2, 0.25) is 0 Å². The van der Waals surface area contributed by atoms with Gasteiger partial charge in [0.1, 0.15) is 0 Å². The SMILES string of the molecule is CCCC(C)(C)OP(=O)(O)O. The van der Waals surface area contributed by atoms with Crippen LogP contribution in [-0.2, 0) is 9.09 Å². The van der Waals surface area contributed by atoms with Crippen molar-refractivity contribution in [1.29, 1.82) is 0 Å². The molecule has 0 aliphatic rings. The van der Waals surface area contributed by atoms with E-state index in [-0.39, 0.29) is 0 Å². The molecule has 0 fully saturated rings. The molecule has 0 bridgehead atoms. The first-order chi connectivity index (χ1) is 4.77. The van der Waals surface area contributed by atoms with E-state index < -0.39 is 13.4 Å². The van der Waals surface area contributed by atoms with Crippen molar-refractivity contribution in [2.45, 2.75) is 39.2 Å². The highest BCUT2D eigenvalue weighted by Gasteiger charge is 2.27. The molecule has 4 nitrogen and oxygen atoms in total. The third kappa shape index (κ3) is 6.51. The standard InChI is InChI=1S/C6H15O4P/c1-4-5-6(2,3)10-11(7,8)9/h4-5H2,1-3H3,(H2,7,8,9). The van der Waals surface area contributed by atoms with E-state index in [0.717, 1.165) is 6.42 Å². The molecule has 0 unspecified atom stereocenters. The first-order valence-corrected chi connectivity index (χ1v) is 5.06. The van der Waals surface area contributed by atoms with Crippen LogP contribution in [0.1, 0.15) is 33.6 Å². The topological polar surface area (TPSA) is 66.8 Å². The summed E-state index contributed by atoms with van der Waals surface area (Å²) in [6, 6.07) is 0. The van der Waals surface area contributed by atoms with Gasteiger partial charge in [0, 0.05) is 0 Å². The zero-order valence-electron chi connectivity index (χ0n) is 7.07. The zero-order valence-corrected chi connectivity index (χ0v) is 7.97. The van der Waals surface area contributed by atoms with Crippen molar-refractivity contribution in [3.63, 3.8) is 0 Å². The monoisotopic (exact) mass is 182 g/mol. The van der Waals surface area contributed by atoms with E-state index in [2.05, 4.69) is 4.52 Å². The van der Waals surface area contributed by atoms with Gasteiger partial charge in [-0.05, 0) is 20.3 Å². The van der Waals surface area contributed by atoms with Crippen LogP contribution < -0.4 is 0 Å². The fraction of sp³-hybridized carbons (Fsp3) is 1.00. The molecule has 0 atom stereocenters. The maximum Gasteiger partial charge on any atom is 0.470 e. The Bertz CT molecular complexity index is 160. The molecule has 0 aromatic rings. The van der Waals surface area contributed by atoms with Crippen molar-refractivity contribution in [1.82, 2.24) is 0 Å². The van der Waals surface area contributed by atoms with Gasteiger partial charge in [0.25, 0.3) is 0 Å². The molecular weight excluding hydrogens is 167 g/mol. The van der Waals surface area contributed by atoms with E-state index in [0.29, 0.717) is 6.42 Å². The smallest absolute Gasteiger partial charge is 0.303 e. The summed E-state index contributed by atoms with van der Waals surface area (Å²) in [7, 11) is -4.32. The van der Waals surface area contributed by atoms with Gasteiger partial charge in [-0.2, -0.15) is 0 Å². The van der Waals surface area contributed by atoms with Crippen molar-refractivity contribution < 1.29 is 18.9 Å². The highest BCUT2D eigenvalue weighted by Crippen LogP contribution is 2.42. The van der Waals surface area contributed by atoms with Gasteiger partial charge in [0.15, 0.2) is 0 Å². The number of phosphoric acid groups is 1. The molecule has 5 heteroatoms. The normalized spacial score (nSPS) is 13.5. The van der Waals surface area contributed by atoms with Crippen molar-refractivity contribution in [3.8, 4) is 0 Å². The van der Waals surface area contributed by atoms with Gasteiger partial charge >= 0.3 is 7.82 Å². The minimum Gasteiger partial charge on any atom is -0.303 e. The fourth-order valence-corrected chi connectivity index (χ4v) is 1.70. The highest BCUT2D eigenvalue weighted by atomic mass is 31.2. The van der Waals surface area contributed by atoms with Crippen LogP contribution in [0.2, 0.25) is 0 Å². The maximum absolute atomic E-state index is 10.4. The molecule has 11 heavy (non-hydrogen) atoms. The molecule has 0 saturated carbocycles. The van der Waals surface area contributed by atoms with Gasteiger partial charge in [-0.25, -0.2) is 4.57 Å². The molecule has 0 aromatic heterocycles. The summed E-state index contributed by atoms with van der Waals surface area (Å²) >= 11 is 0. The molecule has 0 amide bonds. The summed E-state index contributed by atoms with van der Waals surface area (Å²) in [4.78, 5) is 16.9. The van der Waals surface area contributed by atoms with Crippen LogP contribution in [0.25, 0.3) is 0 Å². The molecule has 0 aliphatic heterocycles. The molecule has 0 spiro atoms. The summed E-state index contributed by atoms with van der Waals surface area (Å²) in [5, 5.41) is 0. The average Bonchev–Trinajstić information content (AvgIpc) is 1.55. The Morgan fingerprint density at radius 2 is 1.91 bits per heavy atom. The Morgan fingerprint density at radius 1 is 1.45 bits per heavy atom. The Morgan fingerprint density at radius 3 is 2.18 bits per heavy atom.